The number of nitrogens with one attached hydrogen (secondary N) is 1. The number of hydrogen-bond acceptors (Lipinski definition) is 3. The van der Waals surface area contributed by atoms with E-state index in [1.807, 2.05) is 25.5 Å². The van der Waals surface area contributed by atoms with Gasteiger partial charge in [-0.25, -0.2) is 0 Å². The quantitative estimate of drug-likeness (QED) is 0.802. The molecule has 1 aromatic rings. The van der Waals surface area contributed by atoms with Crippen LogP contribution in [0.25, 0.3) is 0 Å². The van der Waals surface area contributed by atoms with Gasteiger partial charge in [0.2, 0.25) is 0 Å². The van der Waals surface area contributed by atoms with E-state index in [-0.39, 0.29) is 0 Å². The Hall–Kier alpha value is -0.930. The Morgan fingerprint density at radius 3 is 3.27 bits per heavy atom. The molecule has 0 saturated carbocycles. The average molecular weight is 205 g/mol. The van der Waals surface area contributed by atoms with E-state index >= 15 is 0 Å². The third-order valence-electron chi connectivity index (χ3n) is 3.05. The van der Waals surface area contributed by atoms with Gasteiger partial charge in [-0.1, -0.05) is 6.07 Å². The molecule has 2 heterocycles. The number of hydrogen-bond donors (Lipinski definition) is 1. The lowest BCUT2D eigenvalue weighted by Gasteiger charge is -2.23. The SMILES string of the molecule is CNCC1CCCN1Cc1cccnc1. The van der Waals surface area contributed by atoms with Crippen LogP contribution in [0, 0.1) is 0 Å². The fourth-order valence-corrected chi connectivity index (χ4v) is 2.30. The van der Waals surface area contributed by atoms with Gasteiger partial charge in [0, 0.05) is 31.5 Å². The molecule has 1 atom stereocenters. The lowest BCUT2D eigenvalue weighted by Crippen LogP contribution is -2.36. The number of likely N-dealkylation sites (N-methyl/N-ethyl adjacent to an activating group) is 1. The largest absolute Gasteiger partial charge is 0.318 e. The van der Waals surface area contributed by atoms with Gasteiger partial charge in [0.1, 0.15) is 0 Å². The van der Waals surface area contributed by atoms with Crippen molar-refractivity contribution in [2.24, 2.45) is 0 Å². The van der Waals surface area contributed by atoms with Crippen molar-refractivity contribution in [2.45, 2.75) is 25.4 Å². The van der Waals surface area contributed by atoms with E-state index in [0.29, 0.717) is 6.04 Å². The van der Waals surface area contributed by atoms with Crippen molar-refractivity contribution in [1.29, 1.82) is 0 Å². The van der Waals surface area contributed by atoms with Gasteiger partial charge in [0.25, 0.3) is 0 Å². The summed E-state index contributed by atoms with van der Waals surface area (Å²) in [6.45, 7) is 3.36. The topological polar surface area (TPSA) is 28.2 Å². The molecule has 0 amide bonds. The zero-order valence-electron chi connectivity index (χ0n) is 9.32. The second-order valence-electron chi connectivity index (χ2n) is 4.19. The van der Waals surface area contributed by atoms with E-state index in [4.69, 9.17) is 0 Å². The highest BCUT2D eigenvalue weighted by Gasteiger charge is 2.23. The first kappa shape index (κ1) is 10.6. The van der Waals surface area contributed by atoms with Crippen molar-refractivity contribution in [2.75, 3.05) is 20.1 Å². The van der Waals surface area contributed by atoms with Crippen LogP contribution < -0.4 is 5.32 Å². The van der Waals surface area contributed by atoms with Crippen LogP contribution in [0.2, 0.25) is 0 Å². The molecule has 1 aliphatic heterocycles. The standard InChI is InChI=1S/C12H19N3/c1-13-9-12-5-3-7-15(12)10-11-4-2-6-14-8-11/h2,4,6,8,12-13H,3,5,7,9-10H2,1H3. The molecule has 0 spiro atoms. The summed E-state index contributed by atoms with van der Waals surface area (Å²) in [7, 11) is 2.03. The number of likely N-dealkylation sites (tertiary alicyclic amines) is 1. The molecule has 0 aliphatic carbocycles. The van der Waals surface area contributed by atoms with E-state index < -0.39 is 0 Å². The van der Waals surface area contributed by atoms with Gasteiger partial charge in [-0.05, 0) is 38.1 Å². The summed E-state index contributed by atoms with van der Waals surface area (Å²) in [4.78, 5) is 6.70. The first-order valence-corrected chi connectivity index (χ1v) is 5.67. The van der Waals surface area contributed by atoms with Crippen molar-refractivity contribution >= 4 is 0 Å². The third-order valence-corrected chi connectivity index (χ3v) is 3.05. The van der Waals surface area contributed by atoms with E-state index in [9.17, 15) is 0 Å². The van der Waals surface area contributed by atoms with Crippen LogP contribution in [0.3, 0.4) is 0 Å². The van der Waals surface area contributed by atoms with Crippen molar-refractivity contribution in [3.63, 3.8) is 0 Å². The Balaban J connectivity index is 1.93. The van der Waals surface area contributed by atoms with Gasteiger partial charge in [-0.3, -0.25) is 9.88 Å². The lowest BCUT2D eigenvalue weighted by molar-refractivity contribution is 0.242. The maximum atomic E-state index is 4.16. The van der Waals surface area contributed by atoms with Crippen LogP contribution in [0.5, 0.6) is 0 Å². The number of nitrogens with zero attached hydrogens (tertiary/aromatic N) is 2. The van der Waals surface area contributed by atoms with Crippen LogP contribution in [0.1, 0.15) is 18.4 Å². The minimum atomic E-state index is 0.704. The highest BCUT2D eigenvalue weighted by Crippen LogP contribution is 2.18. The Morgan fingerprint density at radius 2 is 2.53 bits per heavy atom. The lowest BCUT2D eigenvalue weighted by atomic mass is 10.2. The highest BCUT2D eigenvalue weighted by atomic mass is 15.2. The molecule has 0 radical (unpaired) electrons. The van der Waals surface area contributed by atoms with Gasteiger partial charge in [-0.15, -0.1) is 0 Å². The van der Waals surface area contributed by atoms with Crippen molar-refractivity contribution in [1.82, 2.24) is 15.2 Å². The van der Waals surface area contributed by atoms with Crippen LogP contribution in [-0.4, -0.2) is 36.1 Å². The van der Waals surface area contributed by atoms with Gasteiger partial charge < -0.3 is 5.32 Å². The van der Waals surface area contributed by atoms with Crippen molar-refractivity contribution < 1.29 is 0 Å². The molecule has 1 unspecified atom stereocenters. The Morgan fingerprint density at radius 1 is 1.60 bits per heavy atom. The van der Waals surface area contributed by atoms with E-state index in [2.05, 4.69) is 21.3 Å². The zero-order chi connectivity index (χ0) is 10.5. The summed E-state index contributed by atoms with van der Waals surface area (Å²) < 4.78 is 0. The van der Waals surface area contributed by atoms with Gasteiger partial charge in [0.15, 0.2) is 0 Å². The predicted molar refractivity (Wildman–Crippen MR) is 61.6 cm³/mol. The van der Waals surface area contributed by atoms with Crippen molar-refractivity contribution in [3.05, 3.63) is 30.1 Å². The normalized spacial score (nSPS) is 22.1. The average Bonchev–Trinajstić information content (AvgIpc) is 2.68. The monoisotopic (exact) mass is 205 g/mol. The minimum Gasteiger partial charge on any atom is -0.318 e. The molecule has 0 bridgehead atoms. The Kier molecular flexibility index (Phi) is 3.69. The molecule has 0 aromatic carbocycles. The number of aromatic nitrogens is 1. The smallest absolute Gasteiger partial charge is 0.0312 e. The van der Waals surface area contributed by atoms with Gasteiger partial charge in [-0.2, -0.15) is 0 Å². The molecular weight excluding hydrogens is 186 g/mol. The fraction of sp³-hybridized carbons (Fsp3) is 0.583. The summed E-state index contributed by atoms with van der Waals surface area (Å²) in [5, 5.41) is 3.27. The first-order chi connectivity index (χ1) is 7.40. The second-order valence-corrected chi connectivity index (χ2v) is 4.19. The Labute approximate surface area is 91.5 Å². The molecular formula is C12H19N3. The van der Waals surface area contributed by atoms with Crippen molar-refractivity contribution in [3.8, 4) is 0 Å². The fourth-order valence-electron chi connectivity index (χ4n) is 2.30. The van der Waals surface area contributed by atoms with Crippen LogP contribution in [-0.2, 0) is 6.54 Å². The summed E-state index contributed by atoms with van der Waals surface area (Å²) in [6.07, 6.45) is 6.45. The molecule has 1 N–H and O–H groups in total. The summed E-state index contributed by atoms with van der Waals surface area (Å²) in [5.41, 5.74) is 1.32. The minimum absolute atomic E-state index is 0.704. The first-order valence-electron chi connectivity index (χ1n) is 5.67. The van der Waals surface area contributed by atoms with E-state index in [1.54, 1.807) is 0 Å². The van der Waals surface area contributed by atoms with E-state index in [0.717, 1.165) is 13.1 Å². The molecule has 3 nitrogen and oxygen atoms in total. The molecule has 15 heavy (non-hydrogen) atoms. The van der Waals surface area contributed by atoms with Gasteiger partial charge in [0.05, 0.1) is 0 Å². The van der Waals surface area contributed by atoms with Gasteiger partial charge >= 0.3 is 0 Å². The Bertz CT molecular complexity index is 286. The maximum absolute atomic E-state index is 4.16. The molecule has 2 rings (SSSR count). The summed E-state index contributed by atoms with van der Waals surface area (Å²) >= 11 is 0. The molecule has 1 aliphatic rings. The van der Waals surface area contributed by atoms with Crippen LogP contribution in [0.4, 0.5) is 0 Å². The molecule has 3 heteroatoms. The zero-order valence-corrected chi connectivity index (χ0v) is 9.32. The number of rotatable bonds is 4. The highest BCUT2D eigenvalue weighted by molar-refractivity contribution is 5.08. The van der Waals surface area contributed by atoms with Crippen LogP contribution >= 0.6 is 0 Å². The molecule has 1 saturated heterocycles. The molecule has 1 fully saturated rings. The summed E-state index contributed by atoms with van der Waals surface area (Å²) in [6, 6.07) is 4.87. The predicted octanol–water partition coefficient (Wildman–Crippen LogP) is 1.27. The maximum Gasteiger partial charge on any atom is 0.0312 e. The molecule has 1 aromatic heterocycles. The van der Waals surface area contributed by atoms with E-state index in [1.165, 1.54) is 24.9 Å². The molecule has 82 valence electrons. The number of pyridine rings is 1. The second kappa shape index (κ2) is 5.24. The third kappa shape index (κ3) is 2.76. The van der Waals surface area contributed by atoms with Crippen LogP contribution in [0.15, 0.2) is 24.5 Å². The summed E-state index contributed by atoms with van der Waals surface area (Å²) in [5.74, 6) is 0.